The number of carbonyl (C=O) groups excluding carboxylic acids is 2. The molecule has 2 fully saturated rings. The molecule has 8 nitrogen and oxygen atoms in total. The summed E-state index contributed by atoms with van der Waals surface area (Å²) in [4.78, 5) is 36.7. The van der Waals surface area contributed by atoms with Gasteiger partial charge in [-0.2, -0.15) is 0 Å². The van der Waals surface area contributed by atoms with Crippen molar-refractivity contribution >= 4 is 11.8 Å². The second-order valence-corrected chi connectivity index (χ2v) is 6.94. The molecule has 0 saturated carbocycles. The number of fused-ring (bicyclic) bond motifs is 1. The number of morpholine rings is 1. The van der Waals surface area contributed by atoms with Gasteiger partial charge in [-0.15, -0.1) is 0 Å². The number of imidazole rings is 1. The molecule has 0 radical (unpaired) electrons. The lowest BCUT2D eigenvalue weighted by Gasteiger charge is -2.37. The lowest BCUT2D eigenvalue weighted by Crippen LogP contribution is -2.50. The third-order valence-corrected chi connectivity index (χ3v) is 5.47. The van der Waals surface area contributed by atoms with Crippen LogP contribution >= 0.6 is 0 Å². The zero-order valence-electron chi connectivity index (χ0n) is 14.4. The van der Waals surface area contributed by atoms with E-state index in [-0.39, 0.29) is 23.8 Å². The average molecular weight is 347 g/mol. The Morgan fingerprint density at radius 2 is 1.80 bits per heavy atom. The number of aromatic amines is 1. The molecule has 8 heteroatoms. The van der Waals surface area contributed by atoms with Gasteiger partial charge in [0.05, 0.1) is 25.2 Å². The summed E-state index contributed by atoms with van der Waals surface area (Å²) < 4.78 is 5.31. The Labute approximate surface area is 146 Å². The van der Waals surface area contributed by atoms with Crippen LogP contribution in [0.1, 0.15) is 30.3 Å². The topological polar surface area (TPSA) is 90.6 Å². The molecule has 0 spiro atoms. The Morgan fingerprint density at radius 3 is 2.56 bits per heavy atom. The Bertz CT molecular complexity index is 632. The van der Waals surface area contributed by atoms with Crippen molar-refractivity contribution in [2.45, 2.75) is 25.3 Å². The number of nitrogens with zero attached hydrogens (tertiary/aromatic N) is 3. The van der Waals surface area contributed by atoms with Crippen molar-refractivity contribution in [3.05, 3.63) is 17.7 Å². The maximum absolute atomic E-state index is 12.9. The minimum absolute atomic E-state index is 0.0300. The molecule has 1 aromatic rings. The molecule has 3 aliphatic heterocycles. The van der Waals surface area contributed by atoms with Crippen LogP contribution in [0, 0.1) is 5.92 Å². The molecule has 0 aromatic carbocycles. The lowest BCUT2D eigenvalue weighted by molar-refractivity contribution is -0.144. The molecule has 2 N–H and O–H groups in total. The molecule has 2 amide bonds. The van der Waals surface area contributed by atoms with Gasteiger partial charge in [0, 0.05) is 50.8 Å². The summed E-state index contributed by atoms with van der Waals surface area (Å²) in [5.41, 5.74) is 1.87. The van der Waals surface area contributed by atoms with Crippen molar-refractivity contribution in [1.82, 2.24) is 25.1 Å². The number of carbonyl (C=O) groups is 2. The van der Waals surface area contributed by atoms with E-state index in [0.717, 1.165) is 37.2 Å². The van der Waals surface area contributed by atoms with Gasteiger partial charge in [0.2, 0.25) is 11.8 Å². The fourth-order valence-corrected chi connectivity index (χ4v) is 3.99. The van der Waals surface area contributed by atoms with Gasteiger partial charge in [0.15, 0.2) is 0 Å². The first-order valence-corrected chi connectivity index (χ1v) is 9.15. The van der Waals surface area contributed by atoms with Gasteiger partial charge in [-0.1, -0.05) is 0 Å². The normalized spacial score (nSPS) is 24.9. The highest BCUT2D eigenvalue weighted by molar-refractivity contribution is 5.84. The monoisotopic (exact) mass is 347 g/mol. The first-order chi connectivity index (χ1) is 12.2. The van der Waals surface area contributed by atoms with Crippen molar-refractivity contribution in [2.75, 3.05) is 45.9 Å². The number of likely N-dealkylation sites (tertiary alicyclic amines) is 1. The van der Waals surface area contributed by atoms with E-state index in [0.29, 0.717) is 39.4 Å². The number of hydrogen-bond acceptors (Lipinski definition) is 5. The number of nitrogens with one attached hydrogen (secondary N) is 2. The second kappa shape index (κ2) is 7.13. The van der Waals surface area contributed by atoms with Crippen molar-refractivity contribution in [3.8, 4) is 0 Å². The molecular formula is C17H25N5O3. The van der Waals surface area contributed by atoms with E-state index in [4.69, 9.17) is 4.74 Å². The highest BCUT2D eigenvalue weighted by atomic mass is 16.5. The molecule has 0 aliphatic carbocycles. The maximum atomic E-state index is 12.9. The van der Waals surface area contributed by atoms with Crippen LogP contribution in [-0.4, -0.2) is 77.5 Å². The van der Waals surface area contributed by atoms with Crippen LogP contribution in [0.2, 0.25) is 0 Å². The van der Waals surface area contributed by atoms with Gasteiger partial charge in [-0.3, -0.25) is 9.59 Å². The highest BCUT2D eigenvalue weighted by Gasteiger charge is 2.35. The van der Waals surface area contributed by atoms with Gasteiger partial charge in [0.1, 0.15) is 6.04 Å². The molecule has 1 aromatic heterocycles. The number of H-pyrrole nitrogens is 1. The Kier molecular flexibility index (Phi) is 4.72. The summed E-state index contributed by atoms with van der Waals surface area (Å²) in [5.74, 6) is 0.327. The van der Waals surface area contributed by atoms with Crippen LogP contribution in [0.4, 0.5) is 0 Å². The summed E-state index contributed by atoms with van der Waals surface area (Å²) in [7, 11) is 0. The van der Waals surface area contributed by atoms with E-state index >= 15 is 0 Å². The number of rotatable bonds is 2. The smallest absolute Gasteiger partial charge is 0.246 e. The SMILES string of the molecule is O=C(C1CCN(C(=O)[C@H]2NCCc3[nH]cnc32)CC1)N1CCOCC1. The van der Waals surface area contributed by atoms with Gasteiger partial charge < -0.3 is 24.8 Å². The average Bonchev–Trinajstić information content (AvgIpc) is 3.16. The number of ether oxygens (including phenoxy) is 1. The molecule has 2 saturated heterocycles. The summed E-state index contributed by atoms with van der Waals surface area (Å²) in [6.07, 6.45) is 4.00. The Balaban J connectivity index is 1.34. The van der Waals surface area contributed by atoms with E-state index in [9.17, 15) is 9.59 Å². The minimum Gasteiger partial charge on any atom is -0.378 e. The Hall–Kier alpha value is -1.93. The molecule has 3 aliphatic rings. The molecular weight excluding hydrogens is 322 g/mol. The summed E-state index contributed by atoms with van der Waals surface area (Å²) in [5, 5.41) is 3.28. The van der Waals surface area contributed by atoms with E-state index < -0.39 is 0 Å². The van der Waals surface area contributed by atoms with E-state index in [1.807, 2.05) is 9.80 Å². The van der Waals surface area contributed by atoms with Gasteiger partial charge in [-0.25, -0.2) is 4.98 Å². The minimum atomic E-state index is -0.360. The standard InChI is InChI=1S/C17H25N5O3/c23-16(22-7-9-25-10-8-22)12-2-5-21(6-3-12)17(24)15-14-13(1-4-18-15)19-11-20-14/h11-12,15,18H,1-10H2,(H,19,20)/t15-/m0/s1. The van der Waals surface area contributed by atoms with Crippen LogP contribution in [0.3, 0.4) is 0 Å². The van der Waals surface area contributed by atoms with Gasteiger partial charge >= 0.3 is 0 Å². The van der Waals surface area contributed by atoms with Gasteiger partial charge in [0.25, 0.3) is 0 Å². The third kappa shape index (κ3) is 3.28. The van der Waals surface area contributed by atoms with E-state index in [2.05, 4.69) is 15.3 Å². The van der Waals surface area contributed by atoms with Crippen molar-refractivity contribution in [2.24, 2.45) is 5.92 Å². The first-order valence-electron chi connectivity index (χ1n) is 9.15. The van der Waals surface area contributed by atoms with Crippen molar-refractivity contribution in [3.63, 3.8) is 0 Å². The molecule has 4 heterocycles. The molecule has 4 rings (SSSR count). The quantitative estimate of drug-likeness (QED) is 0.766. The molecule has 0 bridgehead atoms. The highest BCUT2D eigenvalue weighted by Crippen LogP contribution is 2.25. The molecule has 25 heavy (non-hydrogen) atoms. The van der Waals surface area contributed by atoms with Crippen LogP contribution in [0.5, 0.6) is 0 Å². The molecule has 136 valence electrons. The zero-order valence-corrected chi connectivity index (χ0v) is 14.4. The number of amides is 2. The van der Waals surface area contributed by atoms with Gasteiger partial charge in [-0.05, 0) is 12.8 Å². The van der Waals surface area contributed by atoms with Crippen LogP contribution in [0.15, 0.2) is 6.33 Å². The molecule has 1 atom stereocenters. The second-order valence-electron chi connectivity index (χ2n) is 6.94. The lowest BCUT2D eigenvalue weighted by atomic mass is 9.94. The predicted molar refractivity (Wildman–Crippen MR) is 89.7 cm³/mol. The van der Waals surface area contributed by atoms with Crippen LogP contribution in [-0.2, 0) is 20.7 Å². The van der Waals surface area contributed by atoms with E-state index in [1.165, 1.54) is 0 Å². The largest absolute Gasteiger partial charge is 0.378 e. The van der Waals surface area contributed by atoms with Crippen LogP contribution in [0.25, 0.3) is 0 Å². The number of piperidine rings is 1. The third-order valence-electron chi connectivity index (χ3n) is 5.47. The fourth-order valence-electron chi connectivity index (χ4n) is 3.99. The number of aromatic nitrogens is 2. The van der Waals surface area contributed by atoms with Crippen LogP contribution < -0.4 is 5.32 Å². The molecule has 0 unspecified atom stereocenters. The fraction of sp³-hybridized carbons (Fsp3) is 0.706. The predicted octanol–water partition coefficient (Wildman–Crippen LogP) is -0.306. The first kappa shape index (κ1) is 16.5. The Morgan fingerprint density at radius 1 is 1.08 bits per heavy atom. The van der Waals surface area contributed by atoms with E-state index in [1.54, 1.807) is 6.33 Å². The summed E-state index contributed by atoms with van der Waals surface area (Å²) in [6.45, 7) is 4.68. The maximum Gasteiger partial charge on any atom is 0.246 e. The van der Waals surface area contributed by atoms with Crippen molar-refractivity contribution < 1.29 is 14.3 Å². The summed E-state index contributed by atoms with van der Waals surface area (Å²) >= 11 is 0. The van der Waals surface area contributed by atoms with Crippen molar-refractivity contribution in [1.29, 1.82) is 0 Å². The zero-order chi connectivity index (χ0) is 17.2. The summed E-state index contributed by atoms with van der Waals surface area (Å²) in [6, 6.07) is -0.360. The number of hydrogen-bond donors (Lipinski definition) is 2.